The van der Waals surface area contributed by atoms with Gasteiger partial charge in [0.05, 0.1) is 0 Å². The minimum absolute atomic E-state index is 0.0154. The highest BCUT2D eigenvalue weighted by molar-refractivity contribution is 5.79. The Labute approximate surface area is 169 Å². The molecule has 1 aliphatic rings. The standard InChI is InChI=1S/C28H28/c1-27(2,3)28(24-15-9-5-10-16-24,25-17-11-6-12-18-25)26-20-19-23(21-26)22-13-7-4-8-14-22/h4-19,21H,20H2,1-3H3. The average Bonchev–Trinajstić information content (AvgIpc) is 3.20. The monoisotopic (exact) mass is 364 g/mol. The molecule has 0 nitrogen and oxygen atoms in total. The van der Waals surface area contributed by atoms with Gasteiger partial charge in [-0.05, 0) is 34.1 Å². The van der Waals surface area contributed by atoms with Crippen molar-refractivity contribution in [2.24, 2.45) is 5.41 Å². The Kier molecular flexibility index (Phi) is 4.81. The summed E-state index contributed by atoms with van der Waals surface area (Å²) in [5.41, 5.74) is 6.66. The van der Waals surface area contributed by atoms with Crippen molar-refractivity contribution in [2.45, 2.75) is 32.6 Å². The molecule has 28 heavy (non-hydrogen) atoms. The topological polar surface area (TPSA) is 0 Å². The molecule has 0 bridgehead atoms. The fourth-order valence-corrected chi connectivity index (χ4v) is 4.88. The van der Waals surface area contributed by atoms with E-state index >= 15 is 0 Å². The van der Waals surface area contributed by atoms with Gasteiger partial charge in [-0.15, -0.1) is 0 Å². The molecule has 0 atom stereocenters. The van der Waals surface area contributed by atoms with Crippen LogP contribution in [0.3, 0.4) is 0 Å². The van der Waals surface area contributed by atoms with Crippen LogP contribution in [-0.4, -0.2) is 0 Å². The summed E-state index contributed by atoms with van der Waals surface area (Å²) in [6.45, 7) is 7.11. The highest BCUT2D eigenvalue weighted by Crippen LogP contribution is 2.54. The molecule has 0 N–H and O–H groups in total. The largest absolute Gasteiger partial charge is 0.0725 e. The van der Waals surface area contributed by atoms with Gasteiger partial charge in [0.2, 0.25) is 0 Å². The van der Waals surface area contributed by atoms with Gasteiger partial charge in [0, 0.05) is 5.41 Å². The van der Waals surface area contributed by atoms with E-state index in [0.29, 0.717) is 0 Å². The summed E-state index contributed by atoms with van der Waals surface area (Å²) in [7, 11) is 0. The van der Waals surface area contributed by atoms with Crippen molar-refractivity contribution in [1.82, 2.24) is 0 Å². The van der Waals surface area contributed by atoms with Crippen molar-refractivity contribution < 1.29 is 0 Å². The Hall–Kier alpha value is -2.86. The van der Waals surface area contributed by atoms with Crippen LogP contribution < -0.4 is 0 Å². The number of allylic oxidation sites excluding steroid dienone is 4. The van der Waals surface area contributed by atoms with E-state index in [2.05, 4.69) is 124 Å². The molecule has 140 valence electrons. The number of rotatable bonds is 4. The maximum Gasteiger partial charge on any atom is 0.0465 e. The zero-order chi connectivity index (χ0) is 19.6. The second-order valence-corrected chi connectivity index (χ2v) is 8.63. The van der Waals surface area contributed by atoms with Gasteiger partial charge in [-0.25, -0.2) is 0 Å². The quantitative estimate of drug-likeness (QED) is 0.451. The Morgan fingerprint density at radius 1 is 0.607 bits per heavy atom. The van der Waals surface area contributed by atoms with Gasteiger partial charge in [-0.2, -0.15) is 0 Å². The van der Waals surface area contributed by atoms with Crippen LogP contribution >= 0.6 is 0 Å². The number of hydrogen-bond acceptors (Lipinski definition) is 0. The maximum atomic E-state index is 2.43. The molecular formula is C28H28. The van der Waals surface area contributed by atoms with E-state index in [0.717, 1.165) is 6.42 Å². The first-order chi connectivity index (χ1) is 13.5. The smallest absolute Gasteiger partial charge is 0.0465 e. The van der Waals surface area contributed by atoms with E-state index < -0.39 is 0 Å². The second kappa shape index (κ2) is 7.28. The molecule has 3 aromatic rings. The first-order valence-electron chi connectivity index (χ1n) is 10.1. The zero-order valence-corrected chi connectivity index (χ0v) is 17.0. The Bertz CT molecular complexity index is 945. The minimum atomic E-state index is -0.178. The molecule has 0 radical (unpaired) electrons. The lowest BCUT2D eigenvalue weighted by Crippen LogP contribution is -2.42. The highest BCUT2D eigenvalue weighted by Gasteiger charge is 2.47. The van der Waals surface area contributed by atoms with Crippen molar-refractivity contribution >= 4 is 5.57 Å². The van der Waals surface area contributed by atoms with E-state index in [4.69, 9.17) is 0 Å². The fraction of sp³-hybridized carbons (Fsp3) is 0.214. The van der Waals surface area contributed by atoms with E-state index in [-0.39, 0.29) is 10.8 Å². The number of benzene rings is 3. The van der Waals surface area contributed by atoms with Crippen LogP contribution in [0.1, 0.15) is 43.9 Å². The molecule has 0 heterocycles. The fourth-order valence-electron chi connectivity index (χ4n) is 4.88. The van der Waals surface area contributed by atoms with E-state index in [1.807, 2.05) is 0 Å². The molecule has 0 saturated heterocycles. The first kappa shape index (κ1) is 18.5. The third-order valence-corrected chi connectivity index (χ3v) is 6.00. The van der Waals surface area contributed by atoms with Crippen molar-refractivity contribution in [3.8, 4) is 0 Å². The molecule has 0 saturated carbocycles. The molecule has 0 aromatic heterocycles. The van der Waals surface area contributed by atoms with Crippen LogP contribution in [0, 0.1) is 5.41 Å². The molecule has 0 amide bonds. The van der Waals surface area contributed by atoms with Crippen LogP contribution in [0.25, 0.3) is 5.57 Å². The van der Waals surface area contributed by atoms with Crippen molar-refractivity contribution in [2.75, 3.05) is 0 Å². The third kappa shape index (κ3) is 3.03. The molecular weight excluding hydrogens is 336 g/mol. The van der Waals surface area contributed by atoms with Crippen LogP contribution in [0.15, 0.2) is 109 Å². The summed E-state index contributed by atoms with van der Waals surface area (Å²) < 4.78 is 0. The van der Waals surface area contributed by atoms with Gasteiger partial charge in [0.1, 0.15) is 0 Å². The van der Waals surface area contributed by atoms with Crippen molar-refractivity contribution in [3.63, 3.8) is 0 Å². The molecule has 4 rings (SSSR count). The lowest BCUT2D eigenvalue weighted by Gasteiger charge is -2.47. The first-order valence-corrected chi connectivity index (χ1v) is 10.1. The van der Waals surface area contributed by atoms with Crippen LogP contribution in [0.5, 0.6) is 0 Å². The molecule has 1 aliphatic carbocycles. The predicted molar refractivity (Wildman–Crippen MR) is 120 cm³/mol. The molecule has 3 aromatic carbocycles. The maximum absolute atomic E-state index is 2.43. The van der Waals surface area contributed by atoms with E-state index in [9.17, 15) is 0 Å². The van der Waals surface area contributed by atoms with Crippen LogP contribution in [0.4, 0.5) is 0 Å². The van der Waals surface area contributed by atoms with E-state index in [1.165, 1.54) is 27.8 Å². The van der Waals surface area contributed by atoms with Gasteiger partial charge in [-0.1, -0.05) is 129 Å². The van der Waals surface area contributed by atoms with Crippen molar-refractivity contribution in [3.05, 3.63) is 125 Å². The highest BCUT2D eigenvalue weighted by atomic mass is 14.5. The average molecular weight is 365 g/mol. The Morgan fingerprint density at radius 2 is 1.07 bits per heavy atom. The molecule has 0 heteroatoms. The Balaban J connectivity index is 1.95. The summed E-state index contributed by atoms with van der Waals surface area (Å²) in [4.78, 5) is 0. The lowest BCUT2D eigenvalue weighted by atomic mass is 9.55. The molecule has 0 aliphatic heterocycles. The van der Waals surface area contributed by atoms with Gasteiger partial charge in [0.25, 0.3) is 0 Å². The minimum Gasteiger partial charge on any atom is -0.0725 e. The van der Waals surface area contributed by atoms with E-state index in [1.54, 1.807) is 0 Å². The molecule has 0 fully saturated rings. The van der Waals surface area contributed by atoms with Gasteiger partial charge in [-0.3, -0.25) is 0 Å². The summed E-state index contributed by atoms with van der Waals surface area (Å²) in [5, 5.41) is 0. The van der Waals surface area contributed by atoms with Gasteiger partial charge >= 0.3 is 0 Å². The van der Waals surface area contributed by atoms with Gasteiger partial charge in [0.15, 0.2) is 0 Å². The third-order valence-electron chi connectivity index (χ3n) is 6.00. The molecule has 0 spiro atoms. The summed E-state index contributed by atoms with van der Waals surface area (Å²) in [6.07, 6.45) is 5.79. The SMILES string of the molecule is CC(C)(C)C(C1=CC(c2ccccc2)=CC1)(c1ccccc1)c1ccccc1. The second-order valence-electron chi connectivity index (χ2n) is 8.63. The van der Waals surface area contributed by atoms with Gasteiger partial charge < -0.3 is 0 Å². The summed E-state index contributed by atoms with van der Waals surface area (Å²) in [5.74, 6) is 0. The zero-order valence-electron chi connectivity index (χ0n) is 17.0. The summed E-state index contributed by atoms with van der Waals surface area (Å²) in [6, 6.07) is 32.8. The predicted octanol–water partition coefficient (Wildman–Crippen LogP) is 7.43. The van der Waals surface area contributed by atoms with Crippen molar-refractivity contribution in [1.29, 1.82) is 0 Å². The normalized spacial score (nSPS) is 14.5. The number of hydrogen-bond donors (Lipinski definition) is 0. The van der Waals surface area contributed by atoms with Crippen LogP contribution in [-0.2, 0) is 5.41 Å². The molecule has 0 unspecified atom stereocenters. The summed E-state index contributed by atoms with van der Waals surface area (Å²) >= 11 is 0. The van der Waals surface area contributed by atoms with Crippen LogP contribution in [0.2, 0.25) is 0 Å². The Morgan fingerprint density at radius 3 is 1.54 bits per heavy atom. The lowest BCUT2D eigenvalue weighted by molar-refractivity contribution is 0.265.